The molecule has 3 atom stereocenters. The second kappa shape index (κ2) is 11.3. The number of aromatic nitrogens is 1. The van der Waals surface area contributed by atoms with E-state index in [9.17, 15) is 19.5 Å². The fourth-order valence-corrected chi connectivity index (χ4v) is 3.11. The number of aliphatic hydroxyl groups is 1. The van der Waals surface area contributed by atoms with Crippen molar-refractivity contribution < 1.29 is 24.6 Å². The van der Waals surface area contributed by atoms with Gasteiger partial charge in [0.15, 0.2) is 0 Å². The monoisotopic (exact) mass is 419 g/mol. The standard InChI is InChI=1S/C20H29N5O5/c21-8-4-3-7-16(20(29)30)24-19(28)17(25-18(27)14(22)11-26)9-12-10-23-15-6-2-1-5-13(12)15/h1-2,5-6,10,14,16-17,23,26H,3-4,7-9,11,21-22H2,(H,24,28)(H,25,27)(H,29,30). The van der Waals surface area contributed by atoms with Gasteiger partial charge in [0.2, 0.25) is 11.8 Å². The number of unbranched alkanes of at least 4 members (excludes halogenated alkanes) is 1. The van der Waals surface area contributed by atoms with Crippen molar-refractivity contribution in [2.45, 2.75) is 43.8 Å². The van der Waals surface area contributed by atoms with Gasteiger partial charge in [0.05, 0.1) is 6.61 Å². The third-order valence-electron chi connectivity index (χ3n) is 4.83. The summed E-state index contributed by atoms with van der Waals surface area (Å²) in [5.74, 6) is -2.50. The Bertz CT molecular complexity index is 868. The van der Waals surface area contributed by atoms with Crippen LogP contribution in [0, 0.1) is 0 Å². The van der Waals surface area contributed by atoms with E-state index < -0.39 is 42.5 Å². The van der Waals surface area contributed by atoms with Crippen LogP contribution < -0.4 is 22.1 Å². The Morgan fingerprint density at radius 1 is 1.07 bits per heavy atom. The van der Waals surface area contributed by atoms with Gasteiger partial charge in [0.25, 0.3) is 0 Å². The summed E-state index contributed by atoms with van der Waals surface area (Å²) in [4.78, 5) is 39.7. The summed E-state index contributed by atoms with van der Waals surface area (Å²) in [6.45, 7) is -0.150. The molecule has 10 nitrogen and oxygen atoms in total. The molecule has 0 spiro atoms. The number of hydrogen-bond acceptors (Lipinski definition) is 6. The molecule has 10 heteroatoms. The van der Waals surface area contributed by atoms with Gasteiger partial charge in [-0.2, -0.15) is 0 Å². The summed E-state index contributed by atoms with van der Waals surface area (Å²) in [7, 11) is 0. The molecule has 0 radical (unpaired) electrons. The zero-order valence-corrected chi connectivity index (χ0v) is 16.6. The predicted octanol–water partition coefficient (Wildman–Crippen LogP) is -0.787. The van der Waals surface area contributed by atoms with Crippen molar-refractivity contribution >= 4 is 28.7 Å². The first-order valence-electron chi connectivity index (χ1n) is 9.82. The number of aromatic amines is 1. The molecule has 0 aliphatic carbocycles. The lowest BCUT2D eigenvalue weighted by Crippen LogP contribution is -2.55. The van der Waals surface area contributed by atoms with Crippen LogP contribution in [-0.4, -0.2) is 64.3 Å². The van der Waals surface area contributed by atoms with Crippen LogP contribution in [-0.2, 0) is 20.8 Å². The smallest absolute Gasteiger partial charge is 0.326 e. The number of nitrogens with one attached hydrogen (secondary N) is 3. The first kappa shape index (κ1) is 23.3. The molecule has 164 valence electrons. The number of carboxylic acid groups (broad SMARTS) is 1. The molecule has 2 rings (SSSR count). The molecule has 0 bridgehead atoms. The van der Waals surface area contributed by atoms with Gasteiger partial charge in [-0.3, -0.25) is 9.59 Å². The van der Waals surface area contributed by atoms with E-state index in [0.29, 0.717) is 19.4 Å². The zero-order chi connectivity index (χ0) is 22.1. The lowest BCUT2D eigenvalue weighted by Gasteiger charge is -2.22. The number of rotatable bonds is 12. The highest BCUT2D eigenvalue weighted by Crippen LogP contribution is 2.19. The fraction of sp³-hybridized carbons (Fsp3) is 0.450. The highest BCUT2D eigenvalue weighted by atomic mass is 16.4. The van der Waals surface area contributed by atoms with Gasteiger partial charge in [-0.1, -0.05) is 18.2 Å². The fourth-order valence-electron chi connectivity index (χ4n) is 3.11. The maximum Gasteiger partial charge on any atom is 0.326 e. The van der Waals surface area contributed by atoms with Crippen molar-refractivity contribution in [1.82, 2.24) is 15.6 Å². The Kier molecular flexibility index (Phi) is 8.78. The average Bonchev–Trinajstić information content (AvgIpc) is 3.14. The lowest BCUT2D eigenvalue weighted by atomic mass is 10.0. The van der Waals surface area contributed by atoms with Crippen molar-refractivity contribution in [1.29, 1.82) is 0 Å². The molecule has 1 aromatic heterocycles. The Hall–Kier alpha value is -2.95. The van der Waals surface area contributed by atoms with Gasteiger partial charge in [-0.15, -0.1) is 0 Å². The summed E-state index contributed by atoms with van der Waals surface area (Å²) in [5.41, 5.74) is 12.6. The number of amides is 2. The largest absolute Gasteiger partial charge is 0.480 e. The lowest BCUT2D eigenvalue weighted by molar-refractivity contribution is -0.142. The maximum absolute atomic E-state index is 12.9. The van der Waals surface area contributed by atoms with Crippen LogP contribution >= 0.6 is 0 Å². The molecule has 1 heterocycles. The molecule has 30 heavy (non-hydrogen) atoms. The molecule has 0 fully saturated rings. The van der Waals surface area contributed by atoms with E-state index in [1.807, 2.05) is 24.3 Å². The van der Waals surface area contributed by atoms with Crippen LogP contribution in [0.3, 0.4) is 0 Å². The van der Waals surface area contributed by atoms with E-state index in [2.05, 4.69) is 15.6 Å². The topological polar surface area (TPSA) is 184 Å². The van der Waals surface area contributed by atoms with E-state index in [1.165, 1.54) is 0 Å². The number of carbonyl (C=O) groups excluding carboxylic acids is 2. The van der Waals surface area contributed by atoms with Crippen molar-refractivity contribution in [3.63, 3.8) is 0 Å². The number of nitrogens with two attached hydrogens (primary N) is 2. The van der Waals surface area contributed by atoms with Crippen LogP contribution in [0.2, 0.25) is 0 Å². The molecule has 2 amide bonds. The SMILES string of the molecule is NCCCCC(NC(=O)C(Cc1c[nH]c2ccccc12)NC(=O)C(N)CO)C(=O)O. The van der Waals surface area contributed by atoms with E-state index >= 15 is 0 Å². The molecule has 0 aliphatic heterocycles. The third kappa shape index (κ3) is 6.28. The summed E-state index contributed by atoms with van der Waals surface area (Å²) in [6.07, 6.45) is 3.26. The zero-order valence-electron chi connectivity index (χ0n) is 16.6. The molecule has 3 unspecified atom stereocenters. The van der Waals surface area contributed by atoms with Crippen LogP contribution in [0.25, 0.3) is 10.9 Å². The Morgan fingerprint density at radius 3 is 2.43 bits per heavy atom. The van der Waals surface area contributed by atoms with Crippen LogP contribution in [0.5, 0.6) is 0 Å². The Balaban J connectivity index is 2.20. The Labute approximate surface area is 174 Å². The first-order valence-corrected chi connectivity index (χ1v) is 9.82. The molecule has 0 saturated heterocycles. The summed E-state index contributed by atoms with van der Waals surface area (Å²) in [5, 5.41) is 24.4. The summed E-state index contributed by atoms with van der Waals surface area (Å²) >= 11 is 0. The van der Waals surface area contributed by atoms with E-state index in [-0.39, 0.29) is 12.8 Å². The number of benzene rings is 1. The third-order valence-corrected chi connectivity index (χ3v) is 4.83. The number of aliphatic hydroxyl groups excluding tert-OH is 1. The minimum atomic E-state index is -1.19. The predicted molar refractivity (Wildman–Crippen MR) is 111 cm³/mol. The molecule has 0 saturated carbocycles. The first-order chi connectivity index (χ1) is 14.4. The highest BCUT2D eigenvalue weighted by molar-refractivity contribution is 5.93. The average molecular weight is 419 g/mol. The number of H-pyrrole nitrogens is 1. The number of carboxylic acids is 1. The Morgan fingerprint density at radius 2 is 1.77 bits per heavy atom. The number of hydrogen-bond donors (Lipinski definition) is 7. The van der Waals surface area contributed by atoms with E-state index in [0.717, 1.165) is 16.5 Å². The second-order valence-corrected chi connectivity index (χ2v) is 7.10. The molecule has 9 N–H and O–H groups in total. The van der Waals surface area contributed by atoms with Gasteiger partial charge in [-0.05, 0) is 37.4 Å². The van der Waals surface area contributed by atoms with Crippen LogP contribution in [0.4, 0.5) is 0 Å². The second-order valence-electron chi connectivity index (χ2n) is 7.10. The molecule has 2 aromatic rings. The number of carbonyl (C=O) groups is 3. The number of para-hydroxylation sites is 1. The van der Waals surface area contributed by atoms with Gasteiger partial charge in [0, 0.05) is 23.5 Å². The van der Waals surface area contributed by atoms with Crippen molar-refractivity contribution in [2.75, 3.05) is 13.2 Å². The van der Waals surface area contributed by atoms with E-state index in [4.69, 9.17) is 16.6 Å². The molecule has 1 aromatic carbocycles. The van der Waals surface area contributed by atoms with E-state index in [1.54, 1.807) is 6.20 Å². The number of fused-ring (bicyclic) bond motifs is 1. The highest BCUT2D eigenvalue weighted by Gasteiger charge is 2.28. The molecular weight excluding hydrogens is 390 g/mol. The van der Waals surface area contributed by atoms with Gasteiger partial charge in [0.1, 0.15) is 18.1 Å². The number of aliphatic carboxylic acids is 1. The van der Waals surface area contributed by atoms with Gasteiger partial charge < -0.3 is 37.3 Å². The van der Waals surface area contributed by atoms with Gasteiger partial charge >= 0.3 is 5.97 Å². The van der Waals surface area contributed by atoms with Crippen LogP contribution in [0.15, 0.2) is 30.5 Å². The van der Waals surface area contributed by atoms with Crippen molar-refractivity contribution in [3.05, 3.63) is 36.0 Å². The van der Waals surface area contributed by atoms with Gasteiger partial charge in [-0.25, -0.2) is 4.79 Å². The normalized spacial score (nSPS) is 14.1. The summed E-state index contributed by atoms with van der Waals surface area (Å²) in [6, 6.07) is 4.13. The van der Waals surface area contributed by atoms with Crippen molar-refractivity contribution in [2.24, 2.45) is 11.5 Å². The van der Waals surface area contributed by atoms with Crippen LogP contribution in [0.1, 0.15) is 24.8 Å². The molecule has 0 aliphatic rings. The quantitative estimate of drug-likeness (QED) is 0.220. The minimum absolute atomic E-state index is 0.120. The molecular formula is C20H29N5O5. The minimum Gasteiger partial charge on any atom is -0.480 e. The van der Waals surface area contributed by atoms with Crippen molar-refractivity contribution in [3.8, 4) is 0 Å². The summed E-state index contributed by atoms with van der Waals surface area (Å²) < 4.78 is 0. The maximum atomic E-state index is 12.9.